The maximum Gasteiger partial charge on any atom is 0.170 e. The van der Waals surface area contributed by atoms with Crippen LogP contribution in [0.1, 0.15) is 12.8 Å². The van der Waals surface area contributed by atoms with Gasteiger partial charge < -0.3 is 14.6 Å². The highest BCUT2D eigenvalue weighted by Crippen LogP contribution is 2.17. The van der Waals surface area contributed by atoms with Crippen LogP contribution in [0, 0.1) is 11.3 Å². The molecule has 4 nitrogen and oxygen atoms in total. The summed E-state index contributed by atoms with van der Waals surface area (Å²) in [5.74, 6) is 0. The lowest BCUT2D eigenvalue weighted by molar-refractivity contribution is -0.0295. The number of rotatable bonds is 4. The van der Waals surface area contributed by atoms with Crippen molar-refractivity contribution in [2.24, 2.45) is 0 Å². The van der Waals surface area contributed by atoms with E-state index < -0.39 is 6.10 Å². The predicted octanol–water partition coefficient (Wildman–Crippen LogP) is 0.0665. The average molecular weight is 171 g/mol. The van der Waals surface area contributed by atoms with Gasteiger partial charge in [-0.2, -0.15) is 5.26 Å². The smallest absolute Gasteiger partial charge is 0.170 e. The third kappa shape index (κ3) is 2.45. The maximum atomic E-state index is 8.68. The Morgan fingerprint density at radius 2 is 2.58 bits per heavy atom. The summed E-state index contributed by atoms with van der Waals surface area (Å²) in [6.45, 7) is 0.869. The van der Waals surface area contributed by atoms with E-state index >= 15 is 0 Å². The van der Waals surface area contributed by atoms with Gasteiger partial charge in [-0.3, -0.25) is 0 Å². The summed E-state index contributed by atoms with van der Waals surface area (Å²) >= 11 is 0. The topological polar surface area (TPSA) is 62.5 Å². The Morgan fingerprint density at radius 3 is 3.08 bits per heavy atom. The van der Waals surface area contributed by atoms with Gasteiger partial charge in [-0.15, -0.1) is 0 Å². The van der Waals surface area contributed by atoms with Gasteiger partial charge in [0.2, 0.25) is 0 Å². The Labute approximate surface area is 71.7 Å². The van der Waals surface area contributed by atoms with Crippen LogP contribution >= 0.6 is 0 Å². The second-order valence-corrected chi connectivity index (χ2v) is 2.70. The lowest BCUT2D eigenvalue weighted by Gasteiger charge is -2.15. The van der Waals surface area contributed by atoms with E-state index in [0.29, 0.717) is 6.61 Å². The van der Waals surface area contributed by atoms with E-state index in [2.05, 4.69) is 0 Å². The van der Waals surface area contributed by atoms with Crippen molar-refractivity contribution in [1.29, 1.82) is 5.26 Å². The Hall–Kier alpha value is -0.630. The highest BCUT2D eigenvalue weighted by molar-refractivity contribution is 4.92. The number of hydrogen-bond acceptors (Lipinski definition) is 4. The highest BCUT2D eigenvalue weighted by Gasteiger charge is 2.26. The first-order valence-electron chi connectivity index (χ1n) is 4.12. The zero-order valence-electron chi connectivity index (χ0n) is 6.90. The lowest BCUT2D eigenvalue weighted by atomic mass is 10.1. The summed E-state index contributed by atoms with van der Waals surface area (Å²) < 4.78 is 10.4. The molecule has 4 heteroatoms. The number of nitrogens with zero attached hydrogens (tertiary/aromatic N) is 1. The molecule has 0 bridgehead atoms. The van der Waals surface area contributed by atoms with Crippen molar-refractivity contribution in [3.05, 3.63) is 0 Å². The van der Waals surface area contributed by atoms with Crippen molar-refractivity contribution < 1.29 is 14.6 Å². The number of aliphatic hydroxyl groups is 1. The molecule has 0 aliphatic carbocycles. The zero-order valence-corrected chi connectivity index (χ0v) is 6.90. The molecule has 1 heterocycles. The van der Waals surface area contributed by atoms with Gasteiger partial charge in [-0.25, -0.2) is 0 Å². The first-order chi connectivity index (χ1) is 5.88. The van der Waals surface area contributed by atoms with Gasteiger partial charge in [-0.1, -0.05) is 0 Å². The fraction of sp³-hybridized carbons (Fsp3) is 0.875. The molecule has 1 rings (SSSR count). The molecule has 1 fully saturated rings. The zero-order chi connectivity index (χ0) is 8.81. The van der Waals surface area contributed by atoms with Gasteiger partial charge in [0.15, 0.2) is 6.10 Å². The molecular weight excluding hydrogens is 158 g/mol. The third-order valence-electron chi connectivity index (χ3n) is 1.82. The van der Waals surface area contributed by atoms with Crippen LogP contribution < -0.4 is 0 Å². The Morgan fingerprint density at radius 1 is 1.75 bits per heavy atom. The Bertz CT molecular complexity index is 160. The van der Waals surface area contributed by atoms with Crippen molar-refractivity contribution in [2.45, 2.75) is 25.0 Å². The van der Waals surface area contributed by atoms with Gasteiger partial charge in [0.1, 0.15) is 0 Å². The van der Waals surface area contributed by atoms with Gasteiger partial charge in [0.25, 0.3) is 0 Å². The molecule has 0 spiro atoms. The second-order valence-electron chi connectivity index (χ2n) is 2.70. The molecule has 1 saturated heterocycles. The van der Waals surface area contributed by atoms with E-state index in [0.717, 1.165) is 12.8 Å². The SMILES string of the molecule is N#CC(OCCO)C1CCCO1. The largest absolute Gasteiger partial charge is 0.394 e. The van der Waals surface area contributed by atoms with Crippen molar-refractivity contribution in [3.63, 3.8) is 0 Å². The van der Waals surface area contributed by atoms with E-state index in [4.69, 9.17) is 19.8 Å². The number of nitriles is 1. The summed E-state index contributed by atoms with van der Waals surface area (Å²) in [7, 11) is 0. The monoisotopic (exact) mass is 171 g/mol. The van der Waals surface area contributed by atoms with Gasteiger partial charge >= 0.3 is 0 Å². The fourth-order valence-corrected chi connectivity index (χ4v) is 1.25. The van der Waals surface area contributed by atoms with Crippen LogP contribution in [0.15, 0.2) is 0 Å². The molecule has 0 aromatic carbocycles. The molecule has 1 N–H and O–H groups in total. The molecular formula is C8H13NO3. The van der Waals surface area contributed by atoms with Crippen molar-refractivity contribution in [2.75, 3.05) is 19.8 Å². The van der Waals surface area contributed by atoms with E-state index in [1.165, 1.54) is 0 Å². The van der Waals surface area contributed by atoms with Crippen LogP contribution in [-0.4, -0.2) is 37.1 Å². The molecule has 2 atom stereocenters. The maximum absolute atomic E-state index is 8.68. The molecule has 2 unspecified atom stereocenters. The second kappa shape index (κ2) is 5.09. The number of aliphatic hydroxyl groups excluding tert-OH is 1. The third-order valence-corrected chi connectivity index (χ3v) is 1.82. The molecule has 0 amide bonds. The van der Waals surface area contributed by atoms with Crippen LogP contribution in [0.25, 0.3) is 0 Å². The molecule has 1 aliphatic rings. The first-order valence-corrected chi connectivity index (χ1v) is 4.12. The van der Waals surface area contributed by atoms with E-state index in [9.17, 15) is 0 Å². The van der Waals surface area contributed by atoms with Gasteiger partial charge in [0, 0.05) is 6.61 Å². The minimum absolute atomic E-state index is 0.0507. The summed E-state index contributed by atoms with van der Waals surface area (Å²) in [6.07, 6.45) is 1.26. The normalized spacial score (nSPS) is 25.2. The van der Waals surface area contributed by atoms with Gasteiger partial charge in [0.05, 0.1) is 25.4 Å². The molecule has 0 radical (unpaired) electrons. The lowest BCUT2D eigenvalue weighted by Crippen LogP contribution is -2.27. The van der Waals surface area contributed by atoms with E-state index in [-0.39, 0.29) is 19.3 Å². The number of ether oxygens (including phenoxy) is 2. The average Bonchev–Trinajstić information content (AvgIpc) is 2.59. The molecule has 0 aromatic rings. The fourth-order valence-electron chi connectivity index (χ4n) is 1.25. The summed E-state index contributed by atoms with van der Waals surface area (Å²) in [6, 6.07) is 2.02. The van der Waals surface area contributed by atoms with E-state index in [1.807, 2.05) is 6.07 Å². The Kier molecular flexibility index (Phi) is 4.01. The molecule has 0 aromatic heterocycles. The Balaban J connectivity index is 2.29. The van der Waals surface area contributed by atoms with Gasteiger partial charge in [-0.05, 0) is 12.8 Å². The van der Waals surface area contributed by atoms with Crippen LogP contribution in [0.3, 0.4) is 0 Å². The van der Waals surface area contributed by atoms with Crippen LogP contribution in [-0.2, 0) is 9.47 Å². The molecule has 1 aliphatic heterocycles. The number of hydrogen-bond donors (Lipinski definition) is 1. The molecule has 68 valence electrons. The minimum Gasteiger partial charge on any atom is -0.394 e. The molecule has 0 saturated carbocycles. The predicted molar refractivity (Wildman–Crippen MR) is 41.4 cm³/mol. The summed E-state index contributed by atoms with van der Waals surface area (Å²) in [5, 5.41) is 17.2. The molecule has 12 heavy (non-hydrogen) atoms. The standard InChI is InChI=1S/C8H13NO3/c9-6-8(12-5-3-10)7-2-1-4-11-7/h7-8,10H,1-5H2. The minimum atomic E-state index is -0.514. The van der Waals surface area contributed by atoms with Crippen molar-refractivity contribution in [1.82, 2.24) is 0 Å². The van der Waals surface area contributed by atoms with Crippen LogP contribution in [0.5, 0.6) is 0 Å². The van der Waals surface area contributed by atoms with Crippen LogP contribution in [0.2, 0.25) is 0 Å². The van der Waals surface area contributed by atoms with E-state index in [1.54, 1.807) is 0 Å². The van der Waals surface area contributed by atoms with Crippen LogP contribution in [0.4, 0.5) is 0 Å². The highest BCUT2D eigenvalue weighted by atomic mass is 16.5. The summed E-state index contributed by atoms with van der Waals surface area (Å²) in [4.78, 5) is 0. The summed E-state index contributed by atoms with van der Waals surface area (Å²) in [5.41, 5.74) is 0. The van der Waals surface area contributed by atoms with Crippen molar-refractivity contribution in [3.8, 4) is 6.07 Å². The quantitative estimate of drug-likeness (QED) is 0.650. The van der Waals surface area contributed by atoms with Crippen molar-refractivity contribution >= 4 is 0 Å². The first kappa shape index (κ1) is 9.46.